The van der Waals surface area contributed by atoms with Crippen molar-refractivity contribution in [3.05, 3.63) is 65.2 Å². The minimum Gasteiger partial charge on any atom is -0.361 e. The summed E-state index contributed by atoms with van der Waals surface area (Å²) in [7, 11) is 0. The zero-order valence-electron chi connectivity index (χ0n) is 15.3. The number of nitrogens with one attached hydrogen (secondary N) is 2. The molecule has 0 aromatic heterocycles. The molecule has 2 amide bonds. The molecule has 1 heterocycles. The number of hydrogen-bond acceptors (Lipinski definition) is 3. The highest BCUT2D eigenvalue weighted by atomic mass is 16.2. The van der Waals surface area contributed by atoms with Gasteiger partial charge in [0.05, 0.1) is 0 Å². The molecule has 0 aliphatic carbocycles. The Hall–Kier alpha value is -2.82. The highest BCUT2D eigenvalue weighted by Crippen LogP contribution is 2.34. The Kier molecular flexibility index (Phi) is 5.56. The van der Waals surface area contributed by atoms with Crippen LogP contribution in [0.5, 0.6) is 0 Å². The lowest BCUT2D eigenvalue weighted by atomic mass is 10.1. The van der Waals surface area contributed by atoms with Gasteiger partial charge in [-0.1, -0.05) is 38.1 Å². The molecule has 2 aromatic rings. The molecule has 1 aliphatic rings. The third-order valence-electron chi connectivity index (χ3n) is 4.49. The van der Waals surface area contributed by atoms with Gasteiger partial charge >= 0.3 is 0 Å². The monoisotopic (exact) mass is 351 g/mol. The smallest absolute Gasteiger partial charge is 0.256 e. The second kappa shape index (κ2) is 8.04. The summed E-state index contributed by atoms with van der Waals surface area (Å²) in [6, 6.07) is 15.1. The number of benzene rings is 2. The van der Waals surface area contributed by atoms with E-state index < -0.39 is 0 Å². The number of carbonyl (C=O) groups is 2. The van der Waals surface area contributed by atoms with Crippen molar-refractivity contribution in [2.24, 2.45) is 0 Å². The van der Waals surface area contributed by atoms with Crippen LogP contribution in [0.4, 0.5) is 5.69 Å². The van der Waals surface area contributed by atoms with Gasteiger partial charge in [0.15, 0.2) is 0 Å². The predicted octanol–water partition coefficient (Wildman–Crippen LogP) is 3.80. The summed E-state index contributed by atoms with van der Waals surface area (Å²) in [6.45, 7) is 5.42. The summed E-state index contributed by atoms with van der Waals surface area (Å²) in [5, 5.41) is 6.33. The Morgan fingerprint density at radius 1 is 1.08 bits per heavy atom. The van der Waals surface area contributed by atoms with Crippen molar-refractivity contribution in [3.8, 4) is 0 Å². The van der Waals surface area contributed by atoms with Gasteiger partial charge in [0, 0.05) is 35.5 Å². The number of carbonyl (C=O) groups excluding carboxylic acids is 2. The van der Waals surface area contributed by atoms with Crippen molar-refractivity contribution in [3.63, 3.8) is 0 Å². The summed E-state index contributed by atoms with van der Waals surface area (Å²) >= 11 is 0. The van der Waals surface area contributed by atoms with Crippen LogP contribution < -0.4 is 10.6 Å². The molecule has 136 valence electrons. The Morgan fingerprint density at radius 2 is 1.88 bits per heavy atom. The molecule has 0 saturated heterocycles. The number of fused-ring (bicyclic) bond motifs is 1. The van der Waals surface area contributed by atoms with E-state index in [4.69, 9.17) is 0 Å². The van der Waals surface area contributed by atoms with Crippen molar-refractivity contribution >= 4 is 17.5 Å². The lowest BCUT2D eigenvalue weighted by Crippen LogP contribution is -2.33. The fourth-order valence-electron chi connectivity index (χ4n) is 3.25. The van der Waals surface area contributed by atoms with Crippen LogP contribution in [-0.2, 0) is 0 Å². The number of hydrogen-bond donors (Lipinski definition) is 2. The van der Waals surface area contributed by atoms with Gasteiger partial charge in [0.2, 0.25) is 0 Å². The van der Waals surface area contributed by atoms with Crippen LogP contribution >= 0.6 is 0 Å². The molecule has 1 atom stereocenters. The average Bonchev–Trinajstić information content (AvgIpc) is 2.93. The SMILES string of the molecule is CCCNC(=O)c1cccc(N[C@@H]2c3ccccc3C(=O)N2CCC)c1. The number of rotatable bonds is 7. The summed E-state index contributed by atoms with van der Waals surface area (Å²) in [5.41, 5.74) is 3.16. The minimum atomic E-state index is -0.215. The molecule has 0 unspecified atom stereocenters. The van der Waals surface area contributed by atoms with Gasteiger partial charge in [-0.2, -0.15) is 0 Å². The van der Waals surface area contributed by atoms with Crippen LogP contribution in [0, 0.1) is 0 Å². The maximum atomic E-state index is 12.7. The van der Waals surface area contributed by atoms with Gasteiger partial charge < -0.3 is 15.5 Å². The van der Waals surface area contributed by atoms with Crippen molar-refractivity contribution < 1.29 is 9.59 Å². The Labute approximate surface area is 154 Å². The van der Waals surface area contributed by atoms with Crippen molar-refractivity contribution in [2.75, 3.05) is 18.4 Å². The summed E-state index contributed by atoms with van der Waals surface area (Å²) in [6.07, 6.45) is 1.57. The highest BCUT2D eigenvalue weighted by molar-refractivity contribution is 5.99. The normalized spacial score (nSPS) is 15.7. The fraction of sp³-hybridized carbons (Fsp3) is 0.333. The van der Waals surface area contributed by atoms with Crippen LogP contribution in [0.3, 0.4) is 0 Å². The molecule has 0 radical (unpaired) electrons. The van der Waals surface area contributed by atoms with E-state index in [2.05, 4.69) is 17.6 Å². The first-order valence-corrected chi connectivity index (χ1v) is 9.20. The van der Waals surface area contributed by atoms with Gasteiger partial charge in [-0.15, -0.1) is 0 Å². The standard InChI is InChI=1S/C21H25N3O2/c1-3-12-22-20(25)15-8-7-9-16(14-15)23-19-17-10-5-6-11-18(17)21(26)24(19)13-4-2/h5-11,14,19,23H,3-4,12-13H2,1-2H3,(H,22,25)/t19-/m0/s1. The van der Waals surface area contributed by atoms with E-state index in [1.54, 1.807) is 6.07 Å². The minimum absolute atomic E-state index is 0.0526. The van der Waals surface area contributed by atoms with Crippen molar-refractivity contribution in [1.82, 2.24) is 10.2 Å². The zero-order valence-corrected chi connectivity index (χ0v) is 15.3. The second-order valence-corrected chi connectivity index (χ2v) is 6.47. The van der Waals surface area contributed by atoms with Crippen LogP contribution in [-0.4, -0.2) is 29.8 Å². The number of nitrogens with zero attached hydrogens (tertiary/aromatic N) is 1. The van der Waals surface area contributed by atoms with E-state index in [1.165, 1.54) is 0 Å². The summed E-state index contributed by atoms with van der Waals surface area (Å²) in [4.78, 5) is 26.8. The highest BCUT2D eigenvalue weighted by Gasteiger charge is 2.35. The van der Waals surface area contributed by atoms with Crippen LogP contribution in [0.1, 0.15) is 59.1 Å². The van der Waals surface area contributed by atoms with E-state index in [9.17, 15) is 9.59 Å². The molecule has 5 nitrogen and oxygen atoms in total. The van der Waals surface area contributed by atoms with Gasteiger partial charge in [-0.05, 0) is 37.1 Å². The molecular formula is C21H25N3O2. The molecule has 3 rings (SSSR count). The molecule has 2 N–H and O–H groups in total. The number of amides is 2. The lowest BCUT2D eigenvalue weighted by Gasteiger charge is -2.27. The van der Waals surface area contributed by atoms with Crippen LogP contribution in [0.15, 0.2) is 48.5 Å². The molecule has 0 saturated carbocycles. The summed E-state index contributed by atoms with van der Waals surface area (Å²) in [5.74, 6) is -0.0272. The maximum absolute atomic E-state index is 12.7. The molecule has 1 aliphatic heterocycles. The van der Waals surface area contributed by atoms with Gasteiger partial charge in [0.1, 0.15) is 6.17 Å². The zero-order chi connectivity index (χ0) is 18.5. The fourth-order valence-corrected chi connectivity index (χ4v) is 3.25. The predicted molar refractivity (Wildman–Crippen MR) is 103 cm³/mol. The molecule has 2 aromatic carbocycles. The molecule has 0 bridgehead atoms. The molecular weight excluding hydrogens is 326 g/mol. The Morgan fingerprint density at radius 3 is 2.65 bits per heavy atom. The van der Waals surface area contributed by atoms with Gasteiger partial charge in [-0.3, -0.25) is 9.59 Å². The van der Waals surface area contributed by atoms with E-state index in [1.807, 2.05) is 54.3 Å². The van der Waals surface area contributed by atoms with Gasteiger partial charge in [0.25, 0.3) is 11.8 Å². The van der Waals surface area contributed by atoms with Crippen LogP contribution in [0.2, 0.25) is 0 Å². The van der Waals surface area contributed by atoms with E-state index in [0.29, 0.717) is 18.7 Å². The molecule has 26 heavy (non-hydrogen) atoms. The average molecular weight is 351 g/mol. The van der Waals surface area contributed by atoms with Crippen LogP contribution in [0.25, 0.3) is 0 Å². The van der Waals surface area contributed by atoms with E-state index in [-0.39, 0.29) is 18.0 Å². The Balaban J connectivity index is 1.85. The lowest BCUT2D eigenvalue weighted by molar-refractivity contribution is 0.0742. The molecule has 0 spiro atoms. The third-order valence-corrected chi connectivity index (χ3v) is 4.49. The Bertz CT molecular complexity index is 803. The first-order chi connectivity index (χ1) is 12.7. The first-order valence-electron chi connectivity index (χ1n) is 9.20. The second-order valence-electron chi connectivity index (χ2n) is 6.47. The largest absolute Gasteiger partial charge is 0.361 e. The van der Waals surface area contributed by atoms with E-state index in [0.717, 1.165) is 29.7 Å². The molecule has 5 heteroatoms. The molecule has 0 fully saturated rings. The van der Waals surface area contributed by atoms with Crippen molar-refractivity contribution in [2.45, 2.75) is 32.9 Å². The summed E-state index contributed by atoms with van der Waals surface area (Å²) < 4.78 is 0. The topological polar surface area (TPSA) is 61.4 Å². The van der Waals surface area contributed by atoms with E-state index >= 15 is 0 Å². The maximum Gasteiger partial charge on any atom is 0.256 e. The first kappa shape index (κ1) is 18.0. The third kappa shape index (κ3) is 3.57. The van der Waals surface area contributed by atoms with Gasteiger partial charge in [-0.25, -0.2) is 0 Å². The van der Waals surface area contributed by atoms with Crippen molar-refractivity contribution in [1.29, 1.82) is 0 Å². The number of anilines is 1. The quantitative estimate of drug-likeness (QED) is 0.797.